The van der Waals surface area contributed by atoms with Crippen molar-refractivity contribution in [2.24, 2.45) is 0 Å². The molecule has 25 heavy (non-hydrogen) atoms. The van der Waals surface area contributed by atoms with Crippen LogP contribution < -0.4 is 0 Å². The first-order valence-electron chi connectivity index (χ1n) is 7.34. The molecule has 0 spiro atoms. The number of hydrogen-bond donors (Lipinski definition) is 0. The minimum absolute atomic E-state index is 0.0236. The first-order valence-corrected chi connectivity index (χ1v) is 8.97. The molecule has 1 aliphatic rings. The maximum atomic E-state index is 13.0. The summed E-state index contributed by atoms with van der Waals surface area (Å²) in [6.45, 7) is 0.0236. The molecular formula is C18H12Cl2FNO2S. The molecular weight excluding hydrogens is 384 g/mol. The average molecular weight is 396 g/mol. The van der Waals surface area contributed by atoms with Crippen LogP contribution in [0.5, 0.6) is 0 Å². The second-order valence-corrected chi connectivity index (χ2v) is 7.32. The fourth-order valence-corrected chi connectivity index (χ4v) is 3.56. The van der Waals surface area contributed by atoms with Gasteiger partial charge in [0.15, 0.2) is 0 Å². The van der Waals surface area contributed by atoms with E-state index in [0.717, 1.165) is 22.2 Å². The molecule has 2 aromatic rings. The monoisotopic (exact) mass is 395 g/mol. The minimum Gasteiger partial charge on any atom is -0.268 e. The molecule has 3 rings (SSSR count). The summed E-state index contributed by atoms with van der Waals surface area (Å²) in [5.74, 6) is -0.762. The Morgan fingerprint density at radius 2 is 1.72 bits per heavy atom. The number of rotatable bonds is 4. The van der Waals surface area contributed by atoms with Crippen molar-refractivity contribution < 1.29 is 14.0 Å². The Balaban J connectivity index is 1.74. The Hall–Kier alpha value is -1.82. The predicted octanol–water partition coefficient (Wildman–Crippen LogP) is 5.50. The number of benzene rings is 2. The molecule has 0 saturated carbocycles. The van der Waals surface area contributed by atoms with Crippen molar-refractivity contribution in [1.29, 1.82) is 0 Å². The summed E-state index contributed by atoms with van der Waals surface area (Å²) in [5, 5.41) is -0.392. The Bertz CT molecular complexity index is 837. The molecule has 2 aromatic carbocycles. The first-order chi connectivity index (χ1) is 11.9. The molecule has 0 bridgehead atoms. The highest BCUT2D eigenvalue weighted by molar-refractivity contribution is 8.18. The summed E-state index contributed by atoms with van der Waals surface area (Å²) in [6.07, 6.45) is 1.64. The van der Waals surface area contributed by atoms with Crippen molar-refractivity contribution >= 4 is 52.2 Å². The number of carbonyl (C=O) groups excluding carboxylic acids is 2. The van der Waals surface area contributed by atoms with E-state index in [9.17, 15) is 14.0 Å². The van der Waals surface area contributed by atoms with Crippen molar-refractivity contribution in [2.75, 3.05) is 6.54 Å². The van der Waals surface area contributed by atoms with E-state index in [1.807, 2.05) is 0 Å². The van der Waals surface area contributed by atoms with Crippen molar-refractivity contribution in [3.63, 3.8) is 0 Å². The second-order valence-electron chi connectivity index (χ2n) is 5.36. The molecule has 1 saturated heterocycles. The first kappa shape index (κ1) is 18.0. The van der Waals surface area contributed by atoms with Crippen LogP contribution in [0.3, 0.4) is 0 Å². The number of hydrogen-bond acceptors (Lipinski definition) is 3. The quantitative estimate of drug-likeness (QED) is 0.506. The van der Waals surface area contributed by atoms with Gasteiger partial charge in [0.1, 0.15) is 5.82 Å². The van der Waals surface area contributed by atoms with E-state index in [0.29, 0.717) is 15.5 Å². The second kappa shape index (κ2) is 7.60. The van der Waals surface area contributed by atoms with Gasteiger partial charge in [0.2, 0.25) is 0 Å². The van der Waals surface area contributed by atoms with Crippen LogP contribution in [0.2, 0.25) is 5.02 Å². The van der Waals surface area contributed by atoms with Crippen LogP contribution in [0.15, 0.2) is 53.4 Å². The normalized spacial score (nSPS) is 17.4. The molecule has 0 aliphatic carbocycles. The number of halogens is 3. The molecule has 1 atom stereocenters. The van der Waals surface area contributed by atoms with E-state index < -0.39 is 11.3 Å². The minimum atomic E-state index is -0.607. The summed E-state index contributed by atoms with van der Waals surface area (Å²) >= 11 is 13.0. The summed E-state index contributed by atoms with van der Waals surface area (Å²) in [7, 11) is 0. The molecule has 0 aromatic heterocycles. The molecule has 128 valence electrons. The maximum Gasteiger partial charge on any atom is 0.293 e. The van der Waals surface area contributed by atoms with Crippen LogP contribution in [-0.4, -0.2) is 22.6 Å². The van der Waals surface area contributed by atoms with Gasteiger partial charge in [0.25, 0.3) is 11.1 Å². The van der Waals surface area contributed by atoms with Crippen molar-refractivity contribution in [1.82, 2.24) is 4.90 Å². The molecule has 0 radical (unpaired) electrons. The molecule has 2 amide bonds. The topological polar surface area (TPSA) is 37.4 Å². The fourth-order valence-electron chi connectivity index (χ4n) is 2.31. The lowest BCUT2D eigenvalue weighted by atomic mass is 10.1. The number of alkyl halides is 1. The van der Waals surface area contributed by atoms with Gasteiger partial charge in [-0.25, -0.2) is 4.39 Å². The Kier molecular flexibility index (Phi) is 5.47. The molecule has 1 heterocycles. The van der Waals surface area contributed by atoms with E-state index in [2.05, 4.69) is 0 Å². The van der Waals surface area contributed by atoms with Gasteiger partial charge >= 0.3 is 0 Å². The van der Waals surface area contributed by atoms with Crippen LogP contribution >= 0.6 is 35.0 Å². The van der Waals surface area contributed by atoms with E-state index in [1.54, 1.807) is 30.3 Å². The lowest BCUT2D eigenvalue weighted by molar-refractivity contribution is -0.122. The Morgan fingerprint density at radius 1 is 1.08 bits per heavy atom. The van der Waals surface area contributed by atoms with Crippen molar-refractivity contribution in [3.8, 4) is 0 Å². The van der Waals surface area contributed by atoms with Crippen molar-refractivity contribution in [2.45, 2.75) is 5.38 Å². The van der Waals surface area contributed by atoms with Gasteiger partial charge in [0.05, 0.1) is 16.8 Å². The van der Waals surface area contributed by atoms with E-state index >= 15 is 0 Å². The highest BCUT2D eigenvalue weighted by Crippen LogP contribution is 2.34. The van der Waals surface area contributed by atoms with E-state index in [4.69, 9.17) is 23.2 Å². The highest BCUT2D eigenvalue weighted by atomic mass is 35.5. The molecule has 3 nitrogen and oxygen atoms in total. The number of thioether (sulfide) groups is 1. The van der Waals surface area contributed by atoms with Gasteiger partial charge in [-0.05, 0) is 53.2 Å². The zero-order valence-corrected chi connectivity index (χ0v) is 15.1. The number of imide groups is 1. The van der Waals surface area contributed by atoms with Gasteiger partial charge in [-0.2, -0.15) is 0 Å². The maximum absolute atomic E-state index is 13.0. The lowest BCUT2D eigenvalue weighted by Gasteiger charge is -2.17. The largest absolute Gasteiger partial charge is 0.293 e. The molecule has 1 aliphatic heterocycles. The standard InChI is InChI=1S/C18H12Cl2FNO2S/c19-13-5-1-11(2-6-13)9-16-17(23)22(18(24)25-16)10-15(20)12-3-7-14(21)8-4-12/h1-9,15H,10H2. The van der Waals surface area contributed by atoms with Gasteiger partial charge in [0, 0.05) is 5.02 Å². The lowest BCUT2D eigenvalue weighted by Crippen LogP contribution is -2.31. The smallest absolute Gasteiger partial charge is 0.268 e. The molecule has 0 N–H and O–H groups in total. The predicted molar refractivity (Wildman–Crippen MR) is 99.1 cm³/mol. The number of carbonyl (C=O) groups is 2. The van der Waals surface area contributed by atoms with Crippen molar-refractivity contribution in [3.05, 3.63) is 75.4 Å². The summed E-state index contributed by atoms with van der Waals surface area (Å²) < 4.78 is 13.0. The Labute approximate surface area is 158 Å². The van der Waals surface area contributed by atoms with Gasteiger partial charge < -0.3 is 0 Å². The summed E-state index contributed by atoms with van der Waals surface area (Å²) in [5.41, 5.74) is 1.42. The average Bonchev–Trinajstić information content (AvgIpc) is 2.85. The summed E-state index contributed by atoms with van der Waals surface area (Å²) in [4.78, 5) is 26.1. The molecule has 1 fully saturated rings. The zero-order valence-electron chi connectivity index (χ0n) is 12.8. The molecule has 7 heteroatoms. The van der Waals surface area contributed by atoms with E-state index in [-0.39, 0.29) is 17.6 Å². The van der Waals surface area contributed by atoms with Crippen LogP contribution in [0.25, 0.3) is 6.08 Å². The third-order valence-corrected chi connectivity index (χ3v) is 5.17. The Morgan fingerprint density at radius 3 is 2.36 bits per heavy atom. The van der Waals surface area contributed by atoms with Gasteiger partial charge in [-0.1, -0.05) is 35.9 Å². The van der Waals surface area contributed by atoms with Crippen LogP contribution in [0.4, 0.5) is 9.18 Å². The third-order valence-electron chi connectivity index (χ3n) is 3.62. The fraction of sp³-hybridized carbons (Fsp3) is 0.111. The van der Waals surface area contributed by atoms with Crippen LogP contribution in [-0.2, 0) is 4.79 Å². The molecule has 1 unspecified atom stereocenters. The van der Waals surface area contributed by atoms with Crippen LogP contribution in [0.1, 0.15) is 16.5 Å². The zero-order chi connectivity index (χ0) is 18.0. The SMILES string of the molecule is O=C1SC(=Cc2ccc(Cl)cc2)C(=O)N1CC(Cl)c1ccc(F)cc1. The van der Waals surface area contributed by atoms with E-state index in [1.165, 1.54) is 24.3 Å². The number of amides is 2. The highest BCUT2D eigenvalue weighted by Gasteiger charge is 2.36. The summed E-state index contributed by atoms with van der Waals surface area (Å²) in [6, 6.07) is 12.6. The third kappa shape index (κ3) is 4.24. The van der Waals surface area contributed by atoms with Gasteiger partial charge in [-0.3, -0.25) is 14.5 Å². The van der Waals surface area contributed by atoms with Gasteiger partial charge in [-0.15, -0.1) is 11.6 Å². The number of nitrogens with zero attached hydrogens (tertiary/aromatic N) is 1. The van der Waals surface area contributed by atoms with Crippen LogP contribution in [0, 0.1) is 5.82 Å².